The Kier molecular flexibility index (Phi) is 8.86. The van der Waals surface area contributed by atoms with Crippen molar-refractivity contribution in [3.8, 4) is 5.75 Å². The molecule has 3 rings (SSSR count). The van der Waals surface area contributed by atoms with E-state index in [1.54, 1.807) is 24.3 Å². The fraction of sp³-hybridized carbons (Fsp3) is 0.310. The Balaban J connectivity index is 1.67. The van der Waals surface area contributed by atoms with Gasteiger partial charge < -0.3 is 15.4 Å². The van der Waals surface area contributed by atoms with Crippen LogP contribution in [0, 0.1) is 0 Å². The van der Waals surface area contributed by atoms with Gasteiger partial charge in [-0.2, -0.15) is 0 Å². The molecule has 178 valence electrons. The quantitative estimate of drug-likeness (QED) is 0.365. The van der Waals surface area contributed by atoms with E-state index >= 15 is 0 Å². The van der Waals surface area contributed by atoms with Gasteiger partial charge in [0, 0.05) is 11.3 Å². The van der Waals surface area contributed by atoms with Gasteiger partial charge in [-0.1, -0.05) is 75.4 Å². The number of ether oxygens (including phenoxy) is 1. The van der Waals surface area contributed by atoms with Crippen molar-refractivity contribution in [1.82, 2.24) is 5.32 Å². The van der Waals surface area contributed by atoms with Gasteiger partial charge in [-0.3, -0.25) is 9.59 Å². The number of anilines is 1. The highest BCUT2D eigenvalue weighted by Gasteiger charge is 2.21. The Hall–Kier alpha value is -3.60. The molecule has 0 aliphatic rings. The largest absolute Gasteiger partial charge is 0.480 e. The fourth-order valence-electron chi connectivity index (χ4n) is 3.76. The average Bonchev–Trinajstić information content (AvgIpc) is 2.87. The van der Waals surface area contributed by atoms with Gasteiger partial charge in [0.1, 0.15) is 5.75 Å². The maximum Gasteiger partial charge on any atom is 0.265 e. The van der Waals surface area contributed by atoms with E-state index in [-0.39, 0.29) is 17.9 Å². The van der Waals surface area contributed by atoms with Gasteiger partial charge in [-0.25, -0.2) is 0 Å². The van der Waals surface area contributed by atoms with Gasteiger partial charge in [0.25, 0.3) is 11.8 Å². The number of para-hydroxylation sites is 1. The van der Waals surface area contributed by atoms with Crippen molar-refractivity contribution in [1.29, 1.82) is 0 Å². The maximum atomic E-state index is 13.0. The van der Waals surface area contributed by atoms with Crippen LogP contribution in [0.4, 0.5) is 5.69 Å². The summed E-state index contributed by atoms with van der Waals surface area (Å²) in [5.41, 5.74) is 3.17. The molecule has 0 saturated heterocycles. The summed E-state index contributed by atoms with van der Waals surface area (Å²) in [6.07, 6.45) is 0.872. The molecule has 34 heavy (non-hydrogen) atoms. The van der Waals surface area contributed by atoms with Gasteiger partial charge in [0.15, 0.2) is 6.10 Å². The van der Waals surface area contributed by atoms with Crippen LogP contribution in [-0.2, 0) is 4.79 Å². The van der Waals surface area contributed by atoms with Gasteiger partial charge in [-0.15, -0.1) is 0 Å². The molecule has 3 aromatic carbocycles. The van der Waals surface area contributed by atoms with E-state index in [1.165, 1.54) is 0 Å². The predicted molar refractivity (Wildman–Crippen MR) is 137 cm³/mol. The molecule has 0 heterocycles. The van der Waals surface area contributed by atoms with E-state index in [4.69, 9.17) is 4.74 Å². The molecule has 5 nitrogen and oxygen atoms in total. The molecule has 0 aliphatic heterocycles. The minimum atomic E-state index is -0.638. The molecule has 0 radical (unpaired) electrons. The Morgan fingerprint density at radius 3 is 2.26 bits per heavy atom. The van der Waals surface area contributed by atoms with Gasteiger partial charge >= 0.3 is 0 Å². The Morgan fingerprint density at radius 2 is 1.56 bits per heavy atom. The smallest absolute Gasteiger partial charge is 0.265 e. The Labute approximate surface area is 202 Å². The van der Waals surface area contributed by atoms with Gasteiger partial charge in [0.05, 0.1) is 6.04 Å². The van der Waals surface area contributed by atoms with Crippen LogP contribution in [0.15, 0.2) is 78.9 Å². The minimum Gasteiger partial charge on any atom is -0.480 e. The Morgan fingerprint density at radius 1 is 0.853 bits per heavy atom. The number of rotatable bonds is 10. The molecule has 0 bridgehead atoms. The molecular weight excluding hydrogens is 424 g/mol. The van der Waals surface area contributed by atoms with E-state index in [0.717, 1.165) is 23.3 Å². The number of nitrogens with one attached hydrogen (secondary N) is 2. The molecule has 0 fully saturated rings. The van der Waals surface area contributed by atoms with Gasteiger partial charge in [-0.05, 0) is 61.1 Å². The fourth-order valence-corrected chi connectivity index (χ4v) is 3.76. The summed E-state index contributed by atoms with van der Waals surface area (Å²) in [5, 5.41) is 5.92. The summed E-state index contributed by atoms with van der Waals surface area (Å²) in [5.74, 6) is 0.641. The molecule has 0 aromatic heterocycles. The second-order valence-electron chi connectivity index (χ2n) is 8.54. The zero-order valence-electron chi connectivity index (χ0n) is 20.4. The zero-order valence-corrected chi connectivity index (χ0v) is 20.4. The molecule has 0 saturated carbocycles. The van der Waals surface area contributed by atoms with Crippen LogP contribution in [-0.4, -0.2) is 17.9 Å². The monoisotopic (exact) mass is 458 g/mol. The second kappa shape index (κ2) is 12.0. The molecule has 3 atom stereocenters. The minimum absolute atomic E-state index is 0.129. The number of hydrogen-bond acceptors (Lipinski definition) is 3. The SMILES string of the molecule is CCC(Oc1ccccc1C(C)CC)C(=O)Nc1cccc(C(=O)NC(C)c2ccccc2)c1. The molecule has 0 aliphatic carbocycles. The molecule has 5 heteroatoms. The van der Waals surface area contributed by atoms with Crippen LogP contribution in [0.25, 0.3) is 0 Å². The lowest BCUT2D eigenvalue weighted by molar-refractivity contribution is -0.122. The first-order chi connectivity index (χ1) is 16.4. The van der Waals surface area contributed by atoms with Crippen molar-refractivity contribution in [3.63, 3.8) is 0 Å². The predicted octanol–water partition coefficient (Wildman–Crippen LogP) is 6.49. The Bertz CT molecular complexity index is 1100. The summed E-state index contributed by atoms with van der Waals surface area (Å²) in [4.78, 5) is 25.8. The molecule has 2 N–H and O–H groups in total. The number of amides is 2. The number of hydrogen-bond donors (Lipinski definition) is 2. The summed E-state index contributed by atoms with van der Waals surface area (Å²) in [7, 11) is 0. The van der Waals surface area contributed by atoms with E-state index in [2.05, 4.69) is 24.5 Å². The molecule has 3 unspecified atom stereocenters. The third-order valence-corrected chi connectivity index (χ3v) is 6.03. The first kappa shape index (κ1) is 25.0. The highest BCUT2D eigenvalue weighted by atomic mass is 16.5. The number of benzene rings is 3. The third-order valence-electron chi connectivity index (χ3n) is 6.03. The highest BCUT2D eigenvalue weighted by molar-refractivity contribution is 5.98. The summed E-state index contributed by atoms with van der Waals surface area (Å²) in [6.45, 7) is 8.15. The van der Waals surface area contributed by atoms with Crippen LogP contribution in [0.2, 0.25) is 0 Å². The van der Waals surface area contributed by atoms with Crippen molar-refractivity contribution in [2.24, 2.45) is 0 Å². The lowest BCUT2D eigenvalue weighted by atomic mass is 9.98. The van der Waals surface area contributed by atoms with E-state index in [9.17, 15) is 9.59 Å². The number of carbonyl (C=O) groups excluding carboxylic acids is 2. The van der Waals surface area contributed by atoms with Crippen LogP contribution >= 0.6 is 0 Å². The summed E-state index contributed by atoms with van der Waals surface area (Å²) < 4.78 is 6.14. The van der Waals surface area contributed by atoms with Crippen LogP contribution in [0.1, 0.15) is 74.0 Å². The van der Waals surface area contributed by atoms with Crippen LogP contribution in [0.3, 0.4) is 0 Å². The second-order valence-corrected chi connectivity index (χ2v) is 8.54. The summed E-state index contributed by atoms with van der Waals surface area (Å²) in [6, 6.07) is 24.5. The van der Waals surface area contributed by atoms with Crippen molar-refractivity contribution in [3.05, 3.63) is 95.6 Å². The van der Waals surface area contributed by atoms with Gasteiger partial charge in [0.2, 0.25) is 0 Å². The molecule has 2 amide bonds. The molecule has 0 spiro atoms. The average molecular weight is 459 g/mol. The van der Waals surface area contributed by atoms with Crippen molar-refractivity contribution in [2.75, 3.05) is 5.32 Å². The molecule has 3 aromatic rings. The van der Waals surface area contributed by atoms with Crippen molar-refractivity contribution < 1.29 is 14.3 Å². The maximum absolute atomic E-state index is 13.0. The first-order valence-electron chi connectivity index (χ1n) is 11.9. The van der Waals surface area contributed by atoms with E-state index < -0.39 is 6.10 Å². The third kappa shape index (κ3) is 6.47. The normalized spacial score (nSPS) is 13.4. The topological polar surface area (TPSA) is 67.4 Å². The zero-order chi connectivity index (χ0) is 24.5. The standard InChI is InChI=1S/C29H34N2O3/c1-5-20(3)25-17-10-11-18-27(25)34-26(6-2)29(33)31-24-16-12-15-23(19-24)28(32)30-21(4)22-13-8-7-9-14-22/h7-21,26H,5-6H2,1-4H3,(H,30,32)(H,31,33). The molecular formula is C29H34N2O3. The lowest BCUT2D eigenvalue weighted by Gasteiger charge is -2.21. The van der Waals surface area contributed by atoms with E-state index in [0.29, 0.717) is 23.6 Å². The number of carbonyl (C=O) groups is 2. The lowest BCUT2D eigenvalue weighted by Crippen LogP contribution is -2.33. The van der Waals surface area contributed by atoms with Crippen molar-refractivity contribution >= 4 is 17.5 Å². The van der Waals surface area contributed by atoms with Crippen molar-refractivity contribution in [2.45, 2.75) is 58.6 Å². The summed E-state index contributed by atoms with van der Waals surface area (Å²) >= 11 is 0. The van der Waals surface area contributed by atoms with E-state index in [1.807, 2.05) is 68.4 Å². The van der Waals surface area contributed by atoms with Crippen LogP contribution < -0.4 is 15.4 Å². The first-order valence-corrected chi connectivity index (χ1v) is 11.9. The van der Waals surface area contributed by atoms with Crippen LogP contribution in [0.5, 0.6) is 5.75 Å². The highest BCUT2D eigenvalue weighted by Crippen LogP contribution is 2.29.